The van der Waals surface area contributed by atoms with Crippen molar-refractivity contribution in [1.82, 2.24) is 9.78 Å². The Kier molecular flexibility index (Phi) is 5.25. The largest absolute Gasteiger partial charge is 0.493 e. The first-order valence-electron chi connectivity index (χ1n) is 7.40. The van der Waals surface area contributed by atoms with Gasteiger partial charge in [-0.2, -0.15) is 0 Å². The van der Waals surface area contributed by atoms with Crippen molar-refractivity contribution in [2.24, 2.45) is 0 Å². The standard InChI is InChI=1S/C17H16ClN3O3S/c1-22-14-7-6-11(8-15(14)23-2)16-20-21(17(25)24-16)10-19-13-5-3-4-12(18)9-13/h3-9,19H,10H2,1-2H3. The van der Waals surface area contributed by atoms with Crippen LogP contribution < -0.4 is 14.8 Å². The van der Waals surface area contributed by atoms with Gasteiger partial charge < -0.3 is 19.2 Å². The topological polar surface area (TPSA) is 61.5 Å². The van der Waals surface area contributed by atoms with Gasteiger partial charge in [0.2, 0.25) is 5.89 Å². The van der Waals surface area contributed by atoms with Crippen LogP contribution in [0, 0.1) is 4.84 Å². The Morgan fingerprint density at radius 1 is 1.16 bits per heavy atom. The van der Waals surface area contributed by atoms with Crippen molar-refractivity contribution < 1.29 is 13.9 Å². The number of halogens is 1. The van der Waals surface area contributed by atoms with Crippen LogP contribution in [0.3, 0.4) is 0 Å². The molecule has 0 spiro atoms. The average Bonchev–Trinajstić information content (AvgIpc) is 3.00. The van der Waals surface area contributed by atoms with Crippen molar-refractivity contribution >= 4 is 29.5 Å². The number of nitrogens with zero attached hydrogens (tertiary/aromatic N) is 2. The van der Waals surface area contributed by atoms with E-state index in [0.717, 1.165) is 11.3 Å². The molecular weight excluding hydrogens is 362 g/mol. The smallest absolute Gasteiger partial charge is 0.289 e. The first-order valence-corrected chi connectivity index (χ1v) is 8.19. The van der Waals surface area contributed by atoms with Gasteiger partial charge in [-0.1, -0.05) is 17.7 Å². The van der Waals surface area contributed by atoms with Gasteiger partial charge >= 0.3 is 0 Å². The summed E-state index contributed by atoms with van der Waals surface area (Å²) in [6, 6.07) is 12.8. The fourth-order valence-corrected chi connectivity index (χ4v) is 2.63. The van der Waals surface area contributed by atoms with Gasteiger partial charge in [0, 0.05) is 16.3 Å². The summed E-state index contributed by atoms with van der Waals surface area (Å²) in [5.41, 5.74) is 1.61. The van der Waals surface area contributed by atoms with E-state index in [1.807, 2.05) is 30.3 Å². The van der Waals surface area contributed by atoms with Crippen LogP contribution in [0.15, 0.2) is 46.9 Å². The monoisotopic (exact) mass is 377 g/mol. The van der Waals surface area contributed by atoms with Crippen LogP contribution in [-0.2, 0) is 6.67 Å². The summed E-state index contributed by atoms with van der Waals surface area (Å²) < 4.78 is 17.7. The van der Waals surface area contributed by atoms with E-state index < -0.39 is 0 Å². The summed E-state index contributed by atoms with van der Waals surface area (Å²) in [6.45, 7) is 0.357. The van der Waals surface area contributed by atoms with Crippen molar-refractivity contribution in [2.75, 3.05) is 19.5 Å². The fourth-order valence-electron chi connectivity index (χ4n) is 2.26. The minimum atomic E-state index is 0.263. The number of methoxy groups -OCH3 is 2. The molecule has 0 amide bonds. The molecule has 130 valence electrons. The van der Waals surface area contributed by atoms with E-state index in [9.17, 15) is 0 Å². The predicted octanol–water partition coefficient (Wildman–Crippen LogP) is 4.61. The lowest BCUT2D eigenvalue weighted by Gasteiger charge is -2.07. The number of benzene rings is 2. The molecule has 2 aromatic carbocycles. The van der Waals surface area contributed by atoms with Gasteiger partial charge in [-0.05, 0) is 48.6 Å². The molecule has 3 aromatic rings. The Balaban J connectivity index is 1.81. The van der Waals surface area contributed by atoms with E-state index in [1.54, 1.807) is 31.0 Å². The number of ether oxygens (including phenoxy) is 2. The summed E-state index contributed by atoms with van der Waals surface area (Å²) in [5.74, 6) is 1.62. The van der Waals surface area contributed by atoms with Gasteiger partial charge in [0.1, 0.15) is 6.67 Å². The fraction of sp³-hybridized carbons (Fsp3) is 0.176. The van der Waals surface area contributed by atoms with Crippen molar-refractivity contribution in [3.63, 3.8) is 0 Å². The van der Waals surface area contributed by atoms with Crippen LogP contribution in [0.2, 0.25) is 5.02 Å². The Labute approximate surface area is 154 Å². The highest BCUT2D eigenvalue weighted by molar-refractivity contribution is 7.71. The minimum Gasteiger partial charge on any atom is -0.493 e. The molecule has 0 saturated carbocycles. The summed E-state index contributed by atoms with van der Waals surface area (Å²) >= 11 is 11.2. The second-order valence-corrected chi connectivity index (χ2v) is 5.87. The lowest BCUT2D eigenvalue weighted by molar-refractivity contribution is 0.355. The molecule has 0 aliphatic carbocycles. The van der Waals surface area contributed by atoms with E-state index in [2.05, 4.69) is 10.4 Å². The lowest BCUT2D eigenvalue weighted by atomic mass is 10.2. The molecule has 3 rings (SSSR count). The number of nitrogens with one attached hydrogen (secondary N) is 1. The van der Waals surface area contributed by atoms with E-state index in [1.165, 1.54) is 0 Å². The molecule has 1 aromatic heterocycles. The van der Waals surface area contributed by atoms with Gasteiger partial charge in [0.15, 0.2) is 11.5 Å². The number of rotatable bonds is 6. The minimum absolute atomic E-state index is 0.263. The molecule has 0 unspecified atom stereocenters. The maximum atomic E-state index is 5.97. The van der Waals surface area contributed by atoms with Crippen LogP contribution in [0.5, 0.6) is 11.5 Å². The van der Waals surface area contributed by atoms with E-state index in [-0.39, 0.29) is 4.84 Å². The Bertz CT molecular complexity index is 939. The number of anilines is 1. The Morgan fingerprint density at radius 3 is 2.68 bits per heavy atom. The zero-order chi connectivity index (χ0) is 17.8. The third-order valence-corrected chi connectivity index (χ3v) is 4.02. The third-order valence-electron chi connectivity index (χ3n) is 3.49. The van der Waals surface area contributed by atoms with Crippen LogP contribution in [0.25, 0.3) is 11.5 Å². The molecule has 0 aliphatic heterocycles. The summed E-state index contributed by atoms with van der Waals surface area (Å²) in [5, 5.41) is 8.25. The quantitative estimate of drug-likeness (QED) is 0.633. The van der Waals surface area contributed by atoms with Crippen LogP contribution in [0.1, 0.15) is 0 Å². The molecule has 6 nitrogen and oxygen atoms in total. The first kappa shape index (κ1) is 17.3. The predicted molar refractivity (Wildman–Crippen MR) is 98.9 cm³/mol. The van der Waals surface area contributed by atoms with Crippen molar-refractivity contribution in [3.8, 4) is 23.0 Å². The summed E-state index contributed by atoms with van der Waals surface area (Å²) in [7, 11) is 3.16. The van der Waals surface area contributed by atoms with Gasteiger partial charge in [-0.3, -0.25) is 0 Å². The van der Waals surface area contributed by atoms with Gasteiger partial charge in [-0.15, -0.1) is 5.10 Å². The normalized spacial score (nSPS) is 10.5. The molecule has 0 saturated heterocycles. The molecule has 0 fully saturated rings. The molecule has 0 atom stereocenters. The molecule has 1 heterocycles. The highest BCUT2D eigenvalue weighted by Gasteiger charge is 2.12. The number of hydrogen-bond acceptors (Lipinski definition) is 6. The third kappa shape index (κ3) is 3.94. The molecule has 0 radical (unpaired) electrons. The van der Waals surface area contributed by atoms with Gasteiger partial charge in [0.05, 0.1) is 14.2 Å². The van der Waals surface area contributed by atoms with Gasteiger partial charge in [0.25, 0.3) is 4.84 Å². The summed E-state index contributed by atoms with van der Waals surface area (Å²) in [4.78, 5) is 0.263. The SMILES string of the molecule is COc1ccc(-c2nn(CNc3cccc(Cl)c3)c(=S)o2)cc1OC. The maximum absolute atomic E-state index is 5.97. The average molecular weight is 378 g/mol. The Hall–Kier alpha value is -2.51. The number of hydrogen-bond donors (Lipinski definition) is 1. The highest BCUT2D eigenvalue weighted by Crippen LogP contribution is 2.31. The van der Waals surface area contributed by atoms with Crippen molar-refractivity contribution in [1.29, 1.82) is 0 Å². The van der Waals surface area contributed by atoms with Crippen LogP contribution in [0.4, 0.5) is 5.69 Å². The lowest BCUT2D eigenvalue weighted by Crippen LogP contribution is -2.09. The van der Waals surface area contributed by atoms with E-state index in [0.29, 0.717) is 29.1 Å². The second kappa shape index (κ2) is 7.58. The van der Waals surface area contributed by atoms with Crippen LogP contribution in [-0.4, -0.2) is 24.0 Å². The molecule has 0 bridgehead atoms. The van der Waals surface area contributed by atoms with E-state index in [4.69, 9.17) is 37.7 Å². The molecule has 0 aliphatic rings. The molecule has 1 N–H and O–H groups in total. The van der Waals surface area contributed by atoms with Gasteiger partial charge in [-0.25, -0.2) is 4.68 Å². The molecule has 25 heavy (non-hydrogen) atoms. The highest BCUT2D eigenvalue weighted by atomic mass is 35.5. The zero-order valence-corrected chi connectivity index (χ0v) is 15.2. The Morgan fingerprint density at radius 2 is 1.96 bits per heavy atom. The van der Waals surface area contributed by atoms with Crippen LogP contribution >= 0.6 is 23.8 Å². The molecular formula is C17H16ClN3O3S. The molecule has 8 heteroatoms. The second-order valence-electron chi connectivity index (χ2n) is 5.09. The van der Waals surface area contributed by atoms with E-state index >= 15 is 0 Å². The zero-order valence-electron chi connectivity index (χ0n) is 13.7. The number of aromatic nitrogens is 2. The maximum Gasteiger partial charge on any atom is 0.289 e. The summed E-state index contributed by atoms with van der Waals surface area (Å²) in [6.07, 6.45) is 0. The van der Waals surface area contributed by atoms with Crippen molar-refractivity contribution in [3.05, 3.63) is 52.3 Å². The first-order chi connectivity index (χ1) is 12.1. The van der Waals surface area contributed by atoms with Crippen molar-refractivity contribution in [2.45, 2.75) is 6.67 Å².